The van der Waals surface area contributed by atoms with E-state index in [0.29, 0.717) is 11.3 Å². The number of aryl methyl sites for hydroxylation is 1. The van der Waals surface area contributed by atoms with Crippen LogP contribution in [0.3, 0.4) is 0 Å². The maximum atomic E-state index is 13.1. The first-order valence-corrected chi connectivity index (χ1v) is 4.42. The summed E-state index contributed by atoms with van der Waals surface area (Å²) in [6, 6.07) is 4.70. The maximum absolute atomic E-state index is 13.1. The molecule has 0 aliphatic heterocycles. The van der Waals surface area contributed by atoms with Gasteiger partial charge in [-0.1, -0.05) is 0 Å². The normalized spacial score (nSPS) is 10.3. The van der Waals surface area contributed by atoms with Gasteiger partial charge in [0.2, 0.25) is 0 Å². The van der Waals surface area contributed by atoms with E-state index in [4.69, 9.17) is 5.73 Å². The van der Waals surface area contributed by atoms with E-state index >= 15 is 0 Å². The molecule has 0 heterocycles. The quantitative estimate of drug-likeness (QED) is 0.548. The van der Waals surface area contributed by atoms with Gasteiger partial charge in [-0.3, -0.25) is 0 Å². The fourth-order valence-corrected chi connectivity index (χ4v) is 1.24. The van der Waals surface area contributed by atoms with Crippen molar-refractivity contribution in [3.63, 3.8) is 0 Å². The molecule has 0 aromatic heterocycles. The second-order valence-electron chi connectivity index (χ2n) is 3.06. The van der Waals surface area contributed by atoms with Crippen LogP contribution in [0.25, 0.3) is 0 Å². The van der Waals surface area contributed by atoms with Crippen molar-refractivity contribution in [2.75, 3.05) is 19.3 Å². The van der Waals surface area contributed by atoms with E-state index < -0.39 is 0 Å². The predicted molar refractivity (Wildman–Crippen MR) is 53.1 cm³/mol. The van der Waals surface area contributed by atoms with Crippen molar-refractivity contribution >= 4 is 5.69 Å². The van der Waals surface area contributed by atoms with Crippen LogP contribution in [-0.2, 0) is 6.42 Å². The Kier molecular flexibility index (Phi) is 3.71. The van der Waals surface area contributed by atoms with Gasteiger partial charge in [-0.25, -0.2) is 4.39 Å². The first kappa shape index (κ1) is 9.99. The van der Waals surface area contributed by atoms with E-state index in [1.165, 1.54) is 6.07 Å². The largest absolute Gasteiger partial charge is 0.399 e. The fourth-order valence-electron chi connectivity index (χ4n) is 1.24. The van der Waals surface area contributed by atoms with Crippen LogP contribution >= 0.6 is 0 Å². The monoisotopic (exact) mass is 182 g/mol. The molecule has 13 heavy (non-hydrogen) atoms. The van der Waals surface area contributed by atoms with Crippen molar-refractivity contribution in [1.29, 1.82) is 0 Å². The Morgan fingerprint density at radius 2 is 2.23 bits per heavy atom. The number of anilines is 1. The number of hydrogen-bond acceptors (Lipinski definition) is 2. The Balaban J connectivity index is 2.59. The van der Waals surface area contributed by atoms with Gasteiger partial charge in [-0.2, -0.15) is 0 Å². The number of nitrogens with two attached hydrogens (primary N) is 1. The summed E-state index contributed by atoms with van der Waals surface area (Å²) in [5.74, 6) is -0.162. The van der Waals surface area contributed by atoms with E-state index in [1.54, 1.807) is 12.1 Å². The molecule has 1 aromatic rings. The molecule has 3 heteroatoms. The number of hydrogen-bond donors (Lipinski definition) is 2. The predicted octanol–water partition coefficient (Wildman–Crippen LogP) is 1.56. The molecule has 0 spiro atoms. The summed E-state index contributed by atoms with van der Waals surface area (Å²) in [6.07, 6.45) is 1.66. The third-order valence-electron chi connectivity index (χ3n) is 1.94. The van der Waals surface area contributed by atoms with Gasteiger partial charge in [0.25, 0.3) is 0 Å². The SMILES string of the molecule is CNCCCc1cc(N)ccc1F. The van der Waals surface area contributed by atoms with E-state index in [2.05, 4.69) is 5.32 Å². The summed E-state index contributed by atoms with van der Waals surface area (Å²) < 4.78 is 13.1. The molecule has 72 valence electrons. The minimum absolute atomic E-state index is 0.162. The lowest BCUT2D eigenvalue weighted by Crippen LogP contribution is -2.08. The van der Waals surface area contributed by atoms with Crippen LogP contribution in [-0.4, -0.2) is 13.6 Å². The Morgan fingerprint density at radius 3 is 2.92 bits per heavy atom. The summed E-state index contributed by atoms with van der Waals surface area (Å²) in [5.41, 5.74) is 6.88. The van der Waals surface area contributed by atoms with Crippen LogP contribution in [0, 0.1) is 5.82 Å². The summed E-state index contributed by atoms with van der Waals surface area (Å²) in [5, 5.41) is 3.02. The maximum Gasteiger partial charge on any atom is 0.126 e. The molecule has 0 saturated heterocycles. The number of nitrogen functional groups attached to an aromatic ring is 1. The number of halogens is 1. The zero-order valence-electron chi connectivity index (χ0n) is 7.81. The molecule has 0 amide bonds. The van der Waals surface area contributed by atoms with Crippen LogP contribution in [0.15, 0.2) is 18.2 Å². The molecule has 3 N–H and O–H groups in total. The molecule has 0 aliphatic carbocycles. The molecular formula is C10H15FN2. The molecule has 0 aliphatic rings. The van der Waals surface area contributed by atoms with Crippen molar-refractivity contribution in [2.24, 2.45) is 0 Å². The van der Waals surface area contributed by atoms with Crippen LogP contribution in [0.2, 0.25) is 0 Å². The smallest absolute Gasteiger partial charge is 0.126 e. The zero-order valence-corrected chi connectivity index (χ0v) is 7.81. The summed E-state index contributed by atoms with van der Waals surface area (Å²) in [4.78, 5) is 0. The van der Waals surface area contributed by atoms with Crippen molar-refractivity contribution in [3.8, 4) is 0 Å². The van der Waals surface area contributed by atoms with Gasteiger partial charge in [-0.15, -0.1) is 0 Å². The van der Waals surface area contributed by atoms with E-state index in [1.807, 2.05) is 7.05 Å². The third-order valence-corrected chi connectivity index (χ3v) is 1.94. The van der Waals surface area contributed by atoms with Gasteiger partial charge >= 0.3 is 0 Å². The van der Waals surface area contributed by atoms with Crippen molar-refractivity contribution in [2.45, 2.75) is 12.8 Å². The molecule has 0 fully saturated rings. The zero-order chi connectivity index (χ0) is 9.68. The lowest BCUT2D eigenvalue weighted by atomic mass is 10.1. The lowest BCUT2D eigenvalue weighted by Gasteiger charge is -2.03. The first-order chi connectivity index (χ1) is 6.24. The Labute approximate surface area is 77.9 Å². The average molecular weight is 182 g/mol. The molecule has 0 unspecified atom stereocenters. The highest BCUT2D eigenvalue weighted by atomic mass is 19.1. The van der Waals surface area contributed by atoms with E-state index in [9.17, 15) is 4.39 Å². The van der Waals surface area contributed by atoms with Crippen LogP contribution in [0.4, 0.5) is 10.1 Å². The van der Waals surface area contributed by atoms with Crippen LogP contribution < -0.4 is 11.1 Å². The van der Waals surface area contributed by atoms with E-state index in [0.717, 1.165) is 19.4 Å². The van der Waals surface area contributed by atoms with Crippen LogP contribution in [0.5, 0.6) is 0 Å². The molecule has 0 atom stereocenters. The summed E-state index contributed by atoms with van der Waals surface area (Å²) in [6.45, 7) is 0.897. The number of benzene rings is 1. The van der Waals surface area contributed by atoms with Gasteiger partial charge in [0.1, 0.15) is 5.82 Å². The molecule has 0 radical (unpaired) electrons. The molecule has 0 bridgehead atoms. The number of rotatable bonds is 4. The topological polar surface area (TPSA) is 38.0 Å². The van der Waals surface area contributed by atoms with Gasteiger partial charge in [-0.05, 0) is 50.2 Å². The van der Waals surface area contributed by atoms with Crippen molar-refractivity contribution in [1.82, 2.24) is 5.32 Å². The van der Waals surface area contributed by atoms with Crippen molar-refractivity contribution < 1.29 is 4.39 Å². The lowest BCUT2D eigenvalue weighted by molar-refractivity contribution is 0.601. The minimum Gasteiger partial charge on any atom is -0.399 e. The highest BCUT2D eigenvalue weighted by Gasteiger charge is 2.01. The summed E-state index contributed by atoms with van der Waals surface area (Å²) >= 11 is 0. The second kappa shape index (κ2) is 4.82. The number of nitrogens with one attached hydrogen (secondary N) is 1. The van der Waals surface area contributed by atoms with Gasteiger partial charge < -0.3 is 11.1 Å². The molecular weight excluding hydrogens is 167 g/mol. The standard InChI is InChI=1S/C10H15FN2/c1-13-6-2-3-8-7-9(12)4-5-10(8)11/h4-5,7,13H,2-3,6,12H2,1H3. The highest BCUT2D eigenvalue weighted by Crippen LogP contribution is 2.13. The van der Waals surface area contributed by atoms with Gasteiger partial charge in [0.05, 0.1) is 0 Å². The first-order valence-electron chi connectivity index (χ1n) is 4.42. The fraction of sp³-hybridized carbons (Fsp3) is 0.400. The Hall–Kier alpha value is -1.09. The van der Waals surface area contributed by atoms with Crippen molar-refractivity contribution in [3.05, 3.63) is 29.6 Å². The summed E-state index contributed by atoms with van der Waals surface area (Å²) in [7, 11) is 1.88. The van der Waals surface area contributed by atoms with Gasteiger partial charge in [0, 0.05) is 5.69 Å². The Bertz CT molecular complexity index is 274. The molecule has 2 nitrogen and oxygen atoms in total. The van der Waals surface area contributed by atoms with Gasteiger partial charge in [0.15, 0.2) is 0 Å². The highest BCUT2D eigenvalue weighted by molar-refractivity contribution is 5.41. The average Bonchev–Trinajstić information content (AvgIpc) is 2.11. The van der Waals surface area contributed by atoms with E-state index in [-0.39, 0.29) is 5.82 Å². The molecule has 1 aromatic carbocycles. The molecule has 0 saturated carbocycles. The van der Waals surface area contributed by atoms with Crippen LogP contribution in [0.1, 0.15) is 12.0 Å². The second-order valence-corrected chi connectivity index (χ2v) is 3.06. The minimum atomic E-state index is -0.162. The third kappa shape index (κ3) is 3.03. The molecule has 1 rings (SSSR count). The Morgan fingerprint density at radius 1 is 1.46 bits per heavy atom.